The molecule has 0 amide bonds. The molecule has 0 unspecified atom stereocenters. The van der Waals surface area contributed by atoms with Crippen molar-refractivity contribution in [1.82, 2.24) is 0 Å². The summed E-state index contributed by atoms with van der Waals surface area (Å²) in [5.74, 6) is 0. The zero-order chi connectivity index (χ0) is 8.10. The Bertz CT molecular complexity index is 305. The molecule has 0 N–H and O–H groups in total. The number of fused-ring (bicyclic) bond motifs is 1. The van der Waals surface area contributed by atoms with E-state index in [9.17, 15) is 0 Å². The summed E-state index contributed by atoms with van der Waals surface area (Å²) in [5.41, 5.74) is 0. The van der Waals surface area contributed by atoms with Crippen LogP contribution < -0.4 is 0 Å². The molecule has 0 spiro atoms. The van der Waals surface area contributed by atoms with Crippen LogP contribution in [0.2, 0.25) is 0 Å². The maximum absolute atomic E-state index is 8.19. The van der Waals surface area contributed by atoms with Gasteiger partial charge in [-0.1, -0.05) is 6.07 Å². The Morgan fingerprint density at radius 2 is 1.62 bits per heavy atom. The molecule has 2 aromatic carbocycles. The van der Waals surface area contributed by atoms with Gasteiger partial charge in [0.2, 0.25) is 0 Å². The fraction of sp³-hybridized carbons (Fsp3) is 0. The third-order valence-electron chi connectivity index (χ3n) is 1.55. The van der Waals surface area contributed by atoms with Crippen molar-refractivity contribution in [2.45, 2.75) is 0 Å². The quantitative estimate of drug-likeness (QED) is 0.660. The van der Waals surface area contributed by atoms with Crippen LogP contribution in [0.15, 0.2) is 42.5 Å². The first-order valence-corrected chi connectivity index (χ1v) is 3.82. The maximum Gasteiger partial charge on any atom is -0.0809 e. The van der Waals surface area contributed by atoms with Crippen molar-refractivity contribution in [1.29, 1.82) is 0 Å². The normalized spacial score (nSPS) is 7.31. The molecule has 2 aromatic rings. The van der Waals surface area contributed by atoms with Gasteiger partial charge in [0.25, 0.3) is 0 Å². The van der Waals surface area contributed by atoms with Crippen molar-refractivity contribution in [3.05, 3.63) is 42.5 Å². The van der Waals surface area contributed by atoms with E-state index in [4.69, 9.17) is 3.67 Å². The van der Waals surface area contributed by atoms with Gasteiger partial charge in [-0.15, -0.1) is 54.5 Å². The molecule has 13 heavy (non-hydrogen) atoms. The van der Waals surface area contributed by atoms with E-state index < -0.39 is 0 Å². The Kier molecular flexibility index (Phi) is 9.86. The zero-order valence-electron chi connectivity index (χ0n) is 6.71. The van der Waals surface area contributed by atoms with E-state index in [1.807, 2.05) is 0 Å². The average molecular weight is 255 g/mol. The minimum atomic E-state index is 0. The second kappa shape index (κ2) is 8.40. The second-order valence-electron chi connectivity index (χ2n) is 2.15. The van der Waals surface area contributed by atoms with Gasteiger partial charge in [-0.25, -0.2) is 0 Å². The maximum atomic E-state index is 8.19. The van der Waals surface area contributed by atoms with E-state index in [1.165, 1.54) is 10.8 Å². The molecular formula is C9H9Cl2OV-. The van der Waals surface area contributed by atoms with Crippen LogP contribution in [0.4, 0.5) is 0 Å². The Hall–Kier alpha value is -0.206. The van der Waals surface area contributed by atoms with Crippen molar-refractivity contribution >= 4 is 35.6 Å². The Morgan fingerprint density at radius 3 is 2.23 bits per heavy atom. The average Bonchev–Trinajstić information content (AvgIpc) is 2.55. The van der Waals surface area contributed by atoms with Crippen molar-refractivity contribution in [3.63, 3.8) is 0 Å². The van der Waals surface area contributed by atoms with E-state index >= 15 is 0 Å². The fourth-order valence-corrected chi connectivity index (χ4v) is 1.07. The summed E-state index contributed by atoms with van der Waals surface area (Å²) < 4.78 is 8.19. The van der Waals surface area contributed by atoms with Gasteiger partial charge in [-0.05, 0) is 0 Å². The minimum absolute atomic E-state index is 0. The first-order chi connectivity index (χ1) is 5.47. The van der Waals surface area contributed by atoms with Crippen LogP contribution in [0.25, 0.3) is 10.8 Å². The molecule has 0 radical (unpaired) electrons. The van der Waals surface area contributed by atoms with Crippen molar-refractivity contribution in [2.24, 2.45) is 0 Å². The van der Waals surface area contributed by atoms with E-state index in [0.29, 0.717) is 0 Å². The summed E-state index contributed by atoms with van der Waals surface area (Å²) in [7, 11) is 0. The van der Waals surface area contributed by atoms with Crippen LogP contribution in [0.5, 0.6) is 0 Å². The van der Waals surface area contributed by atoms with Gasteiger partial charge in [0, 0.05) is 0 Å². The van der Waals surface area contributed by atoms with E-state index in [0.717, 1.165) is 17.4 Å². The predicted molar refractivity (Wildman–Crippen MR) is 54.7 cm³/mol. The third kappa shape index (κ3) is 4.01. The molecule has 0 aromatic heterocycles. The molecule has 0 fully saturated rings. The molecule has 0 heterocycles. The SMILES string of the molecule is Cl.Cl.[O]=[V].c1ccc2[cH-]ccc2c1. The van der Waals surface area contributed by atoms with Gasteiger partial charge < -0.3 is 0 Å². The first-order valence-electron chi connectivity index (χ1n) is 3.25. The minimum Gasteiger partial charge on any atom is -0.168 e. The van der Waals surface area contributed by atoms with Crippen LogP contribution in [0.1, 0.15) is 0 Å². The van der Waals surface area contributed by atoms with Crippen LogP contribution in [-0.4, -0.2) is 0 Å². The van der Waals surface area contributed by atoms with Crippen molar-refractivity contribution in [3.8, 4) is 0 Å². The van der Waals surface area contributed by atoms with Gasteiger partial charge in [0.15, 0.2) is 0 Å². The topological polar surface area (TPSA) is 17.1 Å². The van der Waals surface area contributed by atoms with Crippen molar-refractivity contribution < 1.29 is 21.0 Å². The van der Waals surface area contributed by atoms with Gasteiger partial charge in [0.05, 0.1) is 0 Å². The molecule has 0 bridgehead atoms. The second-order valence-corrected chi connectivity index (χ2v) is 2.15. The molecule has 2 rings (SSSR count). The summed E-state index contributed by atoms with van der Waals surface area (Å²) in [6, 6.07) is 14.7. The molecule has 71 valence electrons. The molecule has 4 heteroatoms. The van der Waals surface area contributed by atoms with Gasteiger partial charge in [-0.3, -0.25) is 0 Å². The number of hydrogen-bond acceptors (Lipinski definition) is 1. The van der Waals surface area contributed by atoms with Crippen LogP contribution >= 0.6 is 24.8 Å². The summed E-state index contributed by atoms with van der Waals surface area (Å²) in [5, 5.41) is 2.66. The van der Waals surface area contributed by atoms with Crippen LogP contribution in [-0.2, 0) is 21.0 Å². The molecule has 1 nitrogen and oxygen atoms in total. The third-order valence-corrected chi connectivity index (χ3v) is 1.55. The van der Waals surface area contributed by atoms with Gasteiger partial charge >= 0.3 is 21.0 Å². The summed E-state index contributed by atoms with van der Waals surface area (Å²) >= 11 is 1.06. The molecule has 0 aliphatic heterocycles. The van der Waals surface area contributed by atoms with E-state index in [-0.39, 0.29) is 24.8 Å². The van der Waals surface area contributed by atoms with Crippen LogP contribution in [0.3, 0.4) is 0 Å². The molecule has 0 aliphatic carbocycles. The predicted octanol–water partition coefficient (Wildman–Crippen LogP) is 3.28. The van der Waals surface area contributed by atoms with Gasteiger partial charge in [-0.2, -0.15) is 17.5 Å². The van der Waals surface area contributed by atoms with Gasteiger partial charge in [0.1, 0.15) is 0 Å². The molecular weight excluding hydrogens is 246 g/mol. The monoisotopic (exact) mass is 254 g/mol. The molecule has 0 atom stereocenters. The molecule has 0 aliphatic rings. The van der Waals surface area contributed by atoms with E-state index in [1.54, 1.807) is 0 Å². The molecule has 0 saturated heterocycles. The first kappa shape index (κ1) is 15.3. The number of benzene rings is 1. The number of halogens is 2. The Balaban J connectivity index is 0. The van der Waals surface area contributed by atoms with Crippen LogP contribution in [0, 0.1) is 0 Å². The largest absolute Gasteiger partial charge is 0.168 e. The fourth-order valence-electron chi connectivity index (χ4n) is 1.07. The van der Waals surface area contributed by atoms with Crippen molar-refractivity contribution in [2.75, 3.05) is 0 Å². The number of rotatable bonds is 0. The smallest absolute Gasteiger partial charge is 0.0809 e. The van der Waals surface area contributed by atoms with E-state index in [2.05, 4.69) is 42.5 Å². The number of hydrogen-bond donors (Lipinski definition) is 0. The summed E-state index contributed by atoms with van der Waals surface area (Å²) in [4.78, 5) is 0. The summed E-state index contributed by atoms with van der Waals surface area (Å²) in [6.45, 7) is 0. The molecule has 0 saturated carbocycles. The standard InChI is InChI=1S/C9H7.2ClH.O.V/c1-2-5-9-7-3-6-8(9)4-1;;;;/h1-7H;2*1H;;/q-1;;;;. The zero-order valence-corrected chi connectivity index (χ0v) is 9.74. The Labute approximate surface area is 98.9 Å². The summed E-state index contributed by atoms with van der Waals surface area (Å²) in [6.07, 6.45) is 0. The Morgan fingerprint density at radius 1 is 1.00 bits per heavy atom.